The van der Waals surface area contributed by atoms with Crippen molar-refractivity contribution in [2.45, 2.75) is 153 Å². The summed E-state index contributed by atoms with van der Waals surface area (Å²) >= 11 is 0. The number of ketones is 2. The number of Topliss-reactive ketones (excluding diaryl/α,β-unsaturated/α-hetero) is 2. The SMILES string of the molecule is C/C=C1/C2=C/c3[n-]c4c(c3C)C(=O)C(C(=O)OC)/C4=C3/[N-]/C(=C\c4[n-]c(c(C(C)=O)c4C)/C=C(\[N-]2)C1C)C(C)C3CCC(=O)OCCC(C)CCCC(C)CCCC(C)CCCC(C)C.[Mg+2]. The molecular weight excluding hydrogens is 837 g/mol. The Kier molecular flexibility index (Phi) is 18.6. The summed E-state index contributed by atoms with van der Waals surface area (Å²) in [5, 5.41) is 10.2. The van der Waals surface area contributed by atoms with Gasteiger partial charge in [0.15, 0.2) is 11.6 Å². The minimum absolute atomic E-state index is 0. The first-order valence-electron chi connectivity index (χ1n) is 24.6. The van der Waals surface area contributed by atoms with Gasteiger partial charge in [-0.3, -0.25) is 19.2 Å². The second kappa shape index (κ2) is 23.3. The zero-order valence-corrected chi connectivity index (χ0v) is 43.5. The molecular formula is C55H74MgN4O6-2. The van der Waals surface area contributed by atoms with Crippen molar-refractivity contribution in [1.82, 2.24) is 9.97 Å². The standard InChI is InChI=1S/C55H76N4O6.Mg/c1-13-39-34(7)41-29-46-48(38(11)60)36(9)43(57-46)27-42-35(8)40(52(58-42)50-51(55(63)64-12)54(62)49-37(10)44(59-53(49)50)28-45(39)56-41)23-24-47(61)65-26-25-33(6)22-16-21-32(5)20-15-19-31(4)18-14-17-30(2)3;/h13,27-35,40,51H,14-26H2,1-12H3,(H2-2,56,57,58,59,60,62);/q-2;+2/p-2/b39-13+,42-27-,45-28-;. The van der Waals surface area contributed by atoms with Crippen molar-refractivity contribution < 1.29 is 28.7 Å². The Labute approximate surface area is 411 Å². The van der Waals surface area contributed by atoms with Gasteiger partial charge in [0.1, 0.15) is 5.92 Å². The number of fused-ring (bicyclic) bond motifs is 7. The van der Waals surface area contributed by atoms with E-state index in [2.05, 4.69) is 41.5 Å². The van der Waals surface area contributed by atoms with Crippen LogP contribution in [0.3, 0.4) is 0 Å². The van der Waals surface area contributed by atoms with E-state index >= 15 is 0 Å². The third kappa shape index (κ3) is 11.8. The predicted molar refractivity (Wildman–Crippen MR) is 266 cm³/mol. The van der Waals surface area contributed by atoms with Gasteiger partial charge in [-0.05, 0) is 82.0 Å². The molecule has 3 aliphatic heterocycles. The number of carbonyl (C=O) groups is 4. The maximum atomic E-state index is 14.4. The largest absolute Gasteiger partial charge is 2.00 e. The van der Waals surface area contributed by atoms with Crippen LogP contribution in [0.1, 0.15) is 194 Å². The van der Waals surface area contributed by atoms with Gasteiger partial charge in [-0.25, -0.2) is 0 Å². The van der Waals surface area contributed by atoms with Crippen LogP contribution < -0.4 is 9.97 Å². The summed E-state index contributed by atoms with van der Waals surface area (Å²) in [5.74, 6) is -0.573. The van der Waals surface area contributed by atoms with Crippen LogP contribution in [0, 0.1) is 61.2 Å². The molecule has 7 unspecified atom stereocenters. The Balaban J connectivity index is 0.00000817. The molecule has 10 nitrogen and oxygen atoms in total. The molecule has 7 atom stereocenters. The zero-order chi connectivity index (χ0) is 47.3. The van der Waals surface area contributed by atoms with E-state index in [0.717, 1.165) is 47.4 Å². The van der Waals surface area contributed by atoms with Crippen LogP contribution in [0.15, 0.2) is 34.4 Å². The van der Waals surface area contributed by atoms with Gasteiger partial charge in [0.05, 0.1) is 13.7 Å². The third-order valence-corrected chi connectivity index (χ3v) is 14.7. The molecule has 2 aromatic rings. The van der Waals surface area contributed by atoms with Gasteiger partial charge >= 0.3 is 35.0 Å². The van der Waals surface area contributed by atoms with Crippen LogP contribution in [-0.4, -0.2) is 60.3 Å². The number of nitrogens with zero attached hydrogens (tertiary/aromatic N) is 4. The molecule has 1 aliphatic carbocycles. The van der Waals surface area contributed by atoms with Crippen molar-refractivity contribution >= 4 is 70.4 Å². The van der Waals surface area contributed by atoms with Crippen LogP contribution in [0.2, 0.25) is 0 Å². The normalized spacial score (nSPS) is 25.2. The quantitative estimate of drug-likeness (QED) is 0.0553. The van der Waals surface area contributed by atoms with E-state index in [9.17, 15) is 19.2 Å². The van der Waals surface area contributed by atoms with E-state index in [1.807, 2.05) is 52.0 Å². The van der Waals surface area contributed by atoms with Crippen molar-refractivity contribution in [3.8, 4) is 0 Å². The van der Waals surface area contributed by atoms with E-state index in [0.29, 0.717) is 81.1 Å². The van der Waals surface area contributed by atoms with Gasteiger partial charge < -0.3 is 30.1 Å². The van der Waals surface area contributed by atoms with E-state index in [-0.39, 0.29) is 64.8 Å². The van der Waals surface area contributed by atoms with E-state index < -0.39 is 11.9 Å². The number of hydrogen-bond acceptors (Lipinski definition) is 6. The maximum Gasteiger partial charge on any atom is 2.00 e. The number of rotatable bonds is 20. The van der Waals surface area contributed by atoms with Gasteiger partial charge in [-0.1, -0.05) is 153 Å². The predicted octanol–water partition coefficient (Wildman–Crippen LogP) is 12.9. The fourth-order valence-electron chi connectivity index (χ4n) is 10.5. The summed E-state index contributed by atoms with van der Waals surface area (Å²) in [6, 6.07) is 0. The molecule has 0 aromatic carbocycles. The van der Waals surface area contributed by atoms with Crippen molar-refractivity contribution in [1.29, 1.82) is 0 Å². The minimum atomic E-state index is -1.25. The van der Waals surface area contributed by atoms with E-state index in [1.165, 1.54) is 58.5 Å². The molecule has 2 saturated heterocycles. The summed E-state index contributed by atoms with van der Waals surface area (Å²) in [6.45, 7) is 23.4. The fraction of sp³-hybridized carbons (Fsp3) is 0.600. The molecule has 5 heterocycles. The first kappa shape index (κ1) is 52.9. The van der Waals surface area contributed by atoms with Crippen molar-refractivity contribution in [2.75, 3.05) is 13.7 Å². The molecule has 8 bridgehead atoms. The number of aromatic nitrogens is 2. The molecule has 2 aromatic heterocycles. The summed E-state index contributed by atoms with van der Waals surface area (Å²) in [4.78, 5) is 64.7. The fourth-order valence-corrected chi connectivity index (χ4v) is 10.5. The second-order valence-corrected chi connectivity index (χ2v) is 20.2. The first-order valence-corrected chi connectivity index (χ1v) is 24.6. The average molecular weight is 912 g/mol. The number of esters is 2. The molecule has 0 radical (unpaired) electrons. The molecule has 0 spiro atoms. The molecule has 0 amide bonds. The van der Waals surface area contributed by atoms with Gasteiger partial charge in [0.2, 0.25) is 0 Å². The molecule has 6 rings (SSSR count). The topological polar surface area (TPSA) is 143 Å². The molecule has 11 heteroatoms. The molecule has 0 saturated carbocycles. The number of carbonyl (C=O) groups excluding carboxylic acids is 4. The Bertz CT molecular complexity index is 2280. The molecule has 354 valence electrons. The van der Waals surface area contributed by atoms with E-state index in [1.54, 1.807) is 6.92 Å². The molecule has 4 aliphatic rings. The van der Waals surface area contributed by atoms with Gasteiger partial charge in [-0.15, -0.1) is 28.5 Å². The van der Waals surface area contributed by atoms with Crippen LogP contribution in [-0.2, 0) is 19.1 Å². The Hall–Kier alpha value is -4.09. The molecule has 0 N–H and O–H groups in total. The summed E-state index contributed by atoms with van der Waals surface area (Å²) in [6.07, 6.45) is 20.5. The minimum Gasteiger partial charge on any atom is -0.664 e. The molecule has 2 fully saturated rings. The maximum absolute atomic E-state index is 14.4. The van der Waals surface area contributed by atoms with Crippen LogP contribution in [0.5, 0.6) is 0 Å². The van der Waals surface area contributed by atoms with Gasteiger partial charge in [0, 0.05) is 17.5 Å². The average Bonchev–Trinajstić information content (AvgIpc) is 4.00. The Morgan fingerprint density at radius 1 is 0.773 bits per heavy atom. The summed E-state index contributed by atoms with van der Waals surface area (Å²) in [5.41, 5.74) is 8.53. The van der Waals surface area contributed by atoms with E-state index in [4.69, 9.17) is 30.1 Å². The Morgan fingerprint density at radius 3 is 1.95 bits per heavy atom. The molecule has 66 heavy (non-hydrogen) atoms. The van der Waals surface area contributed by atoms with Crippen LogP contribution in [0.25, 0.3) is 34.4 Å². The van der Waals surface area contributed by atoms with Crippen molar-refractivity contribution in [2.24, 2.45) is 47.3 Å². The van der Waals surface area contributed by atoms with Gasteiger partial charge in [-0.2, -0.15) is 17.1 Å². The summed E-state index contributed by atoms with van der Waals surface area (Å²) < 4.78 is 11.1. The second-order valence-electron chi connectivity index (χ2n) is 20.2. The van der Waals surface area contributed by atoms with Crippen LogP contribution in [0.4, 0.5) is 0 Å². The monoisotopic (exact) mass is 911 g/mol. The number of ether oxygens (including phenoxy) is 2. The van der Waals surface area contributed by atoms with Crippen molar-refractivity contribution in [3.63, 3.8) is 0 Å². The zero-order valence-electron chi connectivity index (χ0n) is 42.1. The summed E-state index contributed by atoms with van der Waals surface area (Å²) in [7, 11) is 1.28. The third-order valence-electron chi connectivity index (χ3n) is 14.7. The number of hydrogen-bond donors (Lipinski definition) is 0. The number of allylic oxidation sites excluding steroid dienone is 5. The van der Waals surface area contributed by atoms with Gasteiger partial charge in [0.25, 0.3) is 0 Å². The van der Waals surface area contributed by atoms with Crippen molar-refractivity contribution in [3.05, 3.63) is 90.1 Å². The first-order chi connectivity index (χ1) is 30.9. The Morgan fingerprint density at radius 2 is 1.36 bits per heavy atom. The van der Waals surface area contributed by atoms with Crippen LogP contribution >= 0.6 is 0 Å². The number of methoxy groups -OCH3 is 1. The smallest absolute Gasteiger partial charge is 0.664 e.